The van der Waals surface area contributed by atoms with Crippen LogP contribution in [0.5, 0.6) is 0 Å². The fraction of sp³-hybridized carbons (Fsp3) is 0.500. The molecule has 1 atom stereocenters. The summed E-state index contributed by atoms with van der Waals surface area (Å²) in [6.07, 6.45) is 1.26. The van der Waals surface area contributed by atoms with Gasteiger partial charge in [0, 0.05) is 24.7 Å². The summed E-state index contributed by atoms with van der Waals surface area (Å²) >= 11 is 0. The molecular formula is C16H20N4O4. The minimum absolute atomic E-state index is 0.0761. The van der Waals surface area contributed by atoms with Crippen LogP contribution in [0.2, 0.25) is 0 Å². The zero-order valence-electron chi connectivity index (χ0n) is 13.6. The van der Waals surface area contributed by atoms with Gasteiger partial charge >= 0.3 is 5.69 Å². The predicted octanol–water partition coefficient (Wildman–Crippen LogP) is 0.0927. The van der Waals surface area contributed by atoms with E-state index in [0.29, 0.717) is 6.54 Å². The van der Waals surface area contributed by atoms with E-state index in [2.05, 4.69) is 15.3 Å². The Balaban J connectivity index is 2.24. The van der Waals surface area contributed by atoms with E-state index in [1.165, 1.54) is 4.57 Å². The van der Waals surface area contributed by atoms with Crippen molar-refractivity contribution in [3.8, 4) is 0 Å². The molecule has 1 amide bonds. The molecule has 0 bridgehead atoms. The minimum Gasteiger partial charge on any atom is -0.392 e. The first kappa shape index (κ1) is 16.4. The van der Waals surface area contributed by atoms with Gasteiger partial charge in [0.1, 0.15) is 0 Å². The van der Waals surface area contributed by atoms with Crippen molar-refractivity contribution in [3.63, 3.8) is 0 Å². The summed E-state index contributed by atoms with van der Waals surface area (Å²) in [5.41, 5.74) is -0.0247. The lowest BCUT2D eigenvalue weighted by Gasteiger charge is -2.13. The molecular weight excluding hydrogens is 312 g/mol. The zero-order chi connectivity index (χ0) is 17.4. The highest BCUT2D eigenvalue weighted by Gasteiger charge is 2.28. The van der Waals surface area contributed by atoms with Crippen LogP contribution >= 0.6 is 0 Å². The van der Waals surface area contributed by atoms with E-state index in [0.717, 1.165) is 18.5 Å². The summed E-state index contributed by atoms with van der Waals surface area (Å²) in [6.45, 7) is 3.74. The van der Waals surface area contributed by atoms with Crippen molar-refractivity contribution >= 4 is 16.9 Å². The standard InChI is InChI=1S/C16H20N4O4/c1-3-20-13-12(15(23)19-16(20)24)10(14(22)17-7-8(2)21)6-11(18-13)9-4-5-9/h6,8-9,21H,3-5,7H2,1-2H3,(H,17,22)(H,19,23,24)/t8-/m1/s1. The molecule has 2 aromatic heterocycles. The number of nitrogens with zero attached hydrogens (tertiary/aromatic N) is 2. The SMILES string of the molecule is CCn1c(=O)[nH]c(=O)c2c(C(=O)NC[C@@H](C)O)cc(C3CC3)nc21. The number of hydrogen-bond donors (Lipinski definition) is 3. The fourth-order valence-corrected chi connectivity index (χ4v) is 2.69. The first-order valence-electron chi connectivity index (χ1n) is 8.06. The number of hydrogen-bond acceptors (Lipinski definition) is 5. The average molecular weight is 332 g/mol. The topological polar surface area (TPSA) is 117 Å². The van der Waals surface area contributed by atoms with Gasteiger partial charge in [-0.3, -0.25) is 19.1 Å². The van der Waals surface area contributed by atoms with Gasteiger partial charge in [-0.2, -0.15) is 0 Å². The highest BCUT2D eigenvalue weighted by Crippen LogP contribution is 2.39. The molecule has 0 spiro atoms. The monoisotopic (exact) mass is 332 g/mol. The largest absolute Gasteiger partial charge is 0.392 e. The van der Waals surface area contributed by atoms with E-state index in [9.17, 15) is 19.5 Å². The number of carbonyl (C=O) groups is 1. The van der Waals surface area contributed by atoms with Gasteiger partial charge in [-0.15, -0.1) is 0 Å². The van der Waals surface area contributed by atoms with Crippen molar-refractivity contribution in [2.45, 2.75) is 45.3 Å². The Hall–Kier alpha value is -2.48. The van der Waals surface area contributed by atoms with Crippen LogP contribution in [0.15, 0.2) is 15.7 Å². The Morgan fingerprint density at radius 2 is 2.21 bits per heavy atom. The molecule has 2 aromatic rings. The molecule has 3 N–H and O–H groups in total. The second-order valence-electron chi connectivity index (χ2n) is 6.13. The summed E-state index contributed by atoms with van der Waals surface area (Å²) in [5.74, 6) is -0.200. The molecule has 0 aromatic carbocycles. The van der Waals surface area contributed by atoms with E-state index in [-0.39, 0.29) is 29.1 Å². The second-order valence-corrected chi connectivity index (χ2v) is 6.13. The Morgan fingerprint density at radius 1 is 1.50 bits per heavy atom. The van der Waals surface area contributed by atoms with Crippen molar-refractivity contribution in [3.05, 3.63) is 38.2 Å². The minimum atomic E-state index is -0.697. The zero-order valence-corrected chi connectivity index (χ0v) is 13.6. The molecule has 1 aliphatic rings. The van der Waals surface area contributed by atoms with Gasteiger partial charge in [0.25, 0.3) is 11.5 Å². The lowest BCUT2D eigenvalue weighted by molar-refractivity contribution is 0.0925. The van der Waals surface area contributed by atoms with Gasteiger partial charge in [-0.25, -0.2) is 9.78 Å². The van der Waals surface area contributed by atoms with E-state index < -0.39 is 23.3 Å². The average Bonchev–Trinajstić information content (AvgIpc) is 3.36. The summed E-state index contributed by atoms with van der Waals surface area (Å²) in [5, 5.41) is 12.0. The van der Waals surface area contributed by atoms with Crippen molar-refractivity contribution in [2.24, 2.45) is 0 Å². The van der Waals surface area contributed by atoms with Crippen LogP contribution in [0.3, 0.4) is 0 Å². The Morgan fingerprint density at radius 3 is 2.79 bits per heavy atom. The summed E-state index contributed by atoms with van der Waals surface area (Å²) in [4.78, 5) is 43.5. The molecule has 0 radical (unpaired) electrons. The molecule has 8 heteroatoms. The fourth-order valence-electron chi connectivity index (χ4n) is 2.69. The Bertz CT molecular complexity index is 909. The first-order chi connectivity index (χ1) is 11.4. The number of pyridine rings is 1. The number of aliphatic hydroxyl groups is 1. The highest BCUT2D eigenvalue weighted by atomic mass is 16.3. The lowest BCUT2D eigenvalue weighted by Crippen LogP contribution is -2.34. The number of nitrogens with one attached hydrogen (secondary N) is 2. The van der Waals surface area contributed by atoms with E-state index in [1.54, 1.807) is 19.9 Å². The molecule has 24 heavy (non-hydrogen) atoms. The van der Waals surface area contributed by atoms with E-state index in [4.69, 9.17) is 0 Å². The van der Waals surface area contributed by atoms with Crippen molar-refractivity contribution < 1.29 is 9.90 Å². The number of aromatic nitrogens is 3. The number of aliphatic hydroxyl groups excluding tert-OH is 1. The van der Waals surface area contributed by atoms with Gasteiger partial charge in [0.05, 0.1) is 17.1 Å². The van der Waals surface area contributed by atoms with Gasteiger partial charge in [0.15, 0.2) is 5.65 Å². The maximum atomic E-state index is 12.5. The quantitative estimate of drug-likeness (QED) is 0.717. The number of H-pyrrole nitrogens is 1. The highest BCUT2D eigenvalue weighted by molar-refractivity contribution is 6.05. The lowest BCUT2D eigenvalue weighted by atomic mass is 10.1. The summed E-state index contributed by atoms with van der Waals surface area (Å²) < 4.78 is 1.36. The van der Waals surface area contributed by atoms with Crippen molar-refractivity contribution in [1.29, 1.82) is 0 Å². The molecule has 2 heterocycles. The third-order valence-electron chi connectivity index (χ3n) is 4.08. The molecule has 8 nitrogen and oxygen atoms in total. The first-order valence-corrected chi connectivity index (χ1v) is 8.06. The number of rotatable bonds is 5. The maximum absolute atomic E-state index is 12.5. The van der Waals surface area contributed by atoms with Gasteiger partial charge in [0.2, 0.25) is 0 Å². The third-order valence-corrected chi connectivity index (χ3v) is 4.08. The molecule has 0 aliphatic heterocycles. The predicted molar refractivity (Wildman–Crippen MR) is 88.3 cm³/mol. The molecule has 0 unspecified atom stereocenters. The maximum Gasteiger partial charge on any atom is 0.329 e. The van der Waals surface area contributed by atoms with E-state index in [1.807, 2.05) is 0 Å². The van der Waals surface area contributed by atoms with Crippen molar-refractivity contribution in [1.82, 2.24) is 19.9 Å². The molecule has 0 saturated heterocycles. The summed E-state index contributed by atoms with van der Waals surface area (Å²) in [7, 11) is 0. The number of carbonyl (C=O) groups excluding carboxylic acids is 1. The summed E-state index contributed by atoms with van der Waals surface area (Å²) in [6, 6.07) is 1.62. The van der Waals surface area contributed by atoms with Crippen LogP contribution in [0.4, 0.5) is 0 Å². The molecule has 1 fully saturated rings. The van der Waals surface area contributed by atoms with Crippen LogP contribution in [0.1, 0.15) is 48.7 Å². The van der Waals surface area contributed by atoms with Crippen LogP contribution in [-0.4, -0.2) is 38.2 Å². The second kappa shape index (κ2) is 6.20. The number of fused-ring (bicyclic) bond motifs is 1. The Kier molecular flexibility index (Phi) is 4.23. The van der Waals surface area contributed by atoms with Gasteiger partial charge in [-0.05, 0) is 32.8 Å². The number of aromatic amines is 1. The smallest absolute Gasteiger partial charge is 0.329 e. The molecule has 1 saturated carbocycles. The van der Waals surface area contributed by atoms with E-state index >= 15 is 0 Å². The van der Waals surface area contributed by atoms with Crippen LogP contribution in [0, 0.1) is 0 Å². The molecule has 128 valence electrons. The van der Waals surface area contributed by atoms with Crippen LogP contribution in [0.25, 0.3) is 11.0 Å². The van der Waals surface area contributed by atoms with Gasteiger partial charge < -0.3 is 10.4 Å². The van der Waals surface area contributed by atoms with Crippen LogP contribution in [-0.2, 0) is 6.54 Å². The molecule has 3 rings (SSSR count). The number of aryl methyl sites for hydroxylation is 1. The Labute approximate surface area is 137 Å². The van der Waals surface area contributed by atoms with Crippen molar-refractivity contribution in [2.75, 3.05) is 6.54 Å². The normalized spacial score (nSPS) is 15.5. The third kappa shape index (κ3) is 2.96. The number of amides is 1. The van der Waals surface area contributed by atoms with Crippen LogP contribution < -0.4 is 16.6 Å². The van der Waals surface area contributed by atoms with Gasteiger partial charge in [-0.1, -0.05) is 0 Å². The molecule has 1 aliphatic carbocycles.